The van der Waals surface area contributed by atoms with Gasteiger partial charge in [0.25, 0.3) is 0 Å². The third-order valence-electron chi connectivity index (χ3n) is 2.50. The van der Waals surface area contributed by atoms with E-state index in [-0.39, 0.29) is 5.56 Å². The van der Waals surface area contributed by atoms with Gasteiger partial charge in [0, 0.05) is 0 Å². The Kier molecular flexibility index (Phi) is 3.62. The second-order valence-electron chi connectivity index (χ2n) is 3.79. The highest BCUT2D eigenvalue weighted by atomic mass is 19.1. The van der Waals surface area contributed by atoms with E-state index in [4.69, 9.17) is 10.8 Å². The molecule has 2 unspecified atom stereocenters. The number of carboxylic acids is 1. The second kappa shape index (κ2) is 4.59. The van der Waals surface area contributed by atoms with Crippen LogP contribution < -0.4 is 5.73 Å². The first-order valence-corrected chi connectivity index (χ1v) is 4.74. The van der Waals surface area contributed by atoms with Crippen LogP contribution >= 0.6 is 0 Å². The molecule has 4 N–H and O–H groups in total. The standard InChI is InChI=1S/C11H14FNO3/c1-7-2-4-8(5-3-7)9(14)11(13,6-12)10(15)16/h2-5,9,14H,6,13H2,1H3,(H,15,16). The van der Waals surface area contributed by atoms with E-state index in [9.17, 15) is 14.3 Å². The lowest BCUT2D eigenvalue weighted by Gasteiger charge is -2.27. The summed E-state index contributed by atoms with van der Waals surface area (Å²) in [5.41, 5.74) is 4.27. The minimum absolute atomic E-state index is 0.285. The molecule has 0 saturated heterocycles. The number of aliphatic hydroxyl groups excluding tert-OH is 1. The summed E-state index contributed by atoms with van der Waals surface area (Å²) < 4.78 is 12.6. The first kappa shape index (κ1) is 12.6. The van der Waals surface area contributed by atoms with E-state index in [1.54, 1.807) is 12.1 Å². The molecule has 0 heterocycles. The average Bonchev–Trinajstić information content (AvgIpc) is 2.27. The Balaban J connectivity index is 3.04. The molecule has 0 bridgehead atoms. The van der Waals surface area contributed by atoms with Crippen LogP contribution in [-0.2, 0) is 4.79 Å². The Hall–Kier alpha value is -1.46. The Labute approximate surface area is 92.5 Å². The lowest BCUT2D eigenvalue weighted by atomic mass is 9.89. The molecule has 88 valence electrons. The molecule has 1 rings (SSSR count). The molecule has 1 aromatic carbocycles. The predicted molar refractivity (Wildman–Crippen MR) is 56.7 cm³/mol. The van der Waals surface area contributed by atoms with Gasteiger partial charge in [0.2, 0.25) is 0 Å². The van der Waals surface area contributed by atoms with E-state index in [0.29, 0.717) is 0 Å². The number of halogens is 1. The molecule has 0 aromatic heterocycles. The van der Waals surface area contributed by atoms with Crippen LogP contribution in [0.25, 0.3) is 0 Å². The fraction of sp³-hybridized carbons (Fsp3) is 0.364. The number of aryl methyl sites for hydroxylation is 1. The van der Waals surface area contributed by atoms with Crippen molar-refractivity contribution in [3.05, 3.63) is 35.4 Å². The number of hydrogen-bond donors (Lipinski definition) is 3. The largest absolute Gasteiger partial charge is 0.480 e. The van der Waals surface area contributed by atoms with E-state index in [2.05, 4.69) is 0 Å². The van der Waals surface area contributed by atoms with Crippen molar-refractivity contribution in [2.75, 3.05) is 6.67 Å². The minimum atomic E-state index is -2.30. The number of benzene rings is 1. The van der Waals surface area contributed by atoms with E-state index in [1.165, 1.54) is 12.1 Å². The zero-order valence-electron chi connectivity index (χ0n) is 8.85. The van der Waals surface area contributed by atoms with Crippen molar-refractivity contribution in [3.63, 3.8) is 0 Å². The van der Waals surface area contributed by atoms with Crippen molar-refractivity contribution in [3.8, 4) is 0 Å². The Bertz CT molecular complexity index is 379. The highest BCUT2D eigenvalue weighted by Gasteiger charge is 2.42. The Morgan fingerprint density at radius 3 is 2.38 bits per heavy atom. The molecule has 0 aliphatic carbocycles. The zero-order valence-corrected chi connectivity index (χ0v) is 8.85. The molecule has 0 fully saturated rings. The van der Waals surface area contributed by atoms with Crippen molar-refractivity contribution in [2.45, 2.75) is 18.6 Å². The zero-order chi connectivity index (χ0) is 12.3. The van der Waals surface area contributed by atoms with Crippen LogP contribution in [0.1, 0.15) is 17.2 Å². The SMILES string of the molecule is Cc1ccc(C(O)C(N)(CF)C(=O)O)cc1. The van der Waals surface area contributed by atoms with Crippen LogP contribution in [0, 0.1) is 6.92 Å². The van der Waals surface area contributed by atoms with Crippen molar-refractivity contribution in [1.29, 1.82) is 0 Å². The van der Waals surface area contributed by atoms with Gasteiger partial charge in [-0.15, -0.1) is 0 Å². The molecule has 1 aromatic rings. The highest BCUT2D eigenvalue weighted by Crippen LogP contribution is 2.25. The second-order valence-corrected chi connectivity index (χ2v) is 3.79. The molecule has 0 aliphatic heterocycles. The molecule has 4 nitrogen and oxygen atoms in total. The molecule has 16 heavy (non-hydrogen) atoms. The van der Waals surface area contributed by atoms with Crippen LogP contribution in [0.3, 0.4) is 0 Å². The molecule has 0 amide bonds. The van der Waals surface area contributed by atoms with Crippen LogP contribution in [0.4, 0.5) is 4.39 Å². The van der Waals surface area contributed by atoms with Crippen LogP contribution in [0.2, 0.25) is 0 Å². The maximum atomic E-state index is 12.6. The van der Waals surface area contributed by atoms with Gasteiger partial charge in [-0.3, -0.25) is 0 Å². The van der Waals surface area contributed by atoms with Crippen molar-refractivity contribution >= 4 is 5.97 Å². The van der Waals surface area contributed by atoms with Gasteiger partial charge in [-0.05, 0) is 12.5 Å². The molecular formula is C11H14FNO3. The Morgan fingerprint density at radius 2 is 2.00 bits per heavy atom. The molecular weight excluding hydrogens is 213 g/mol. The minimum Gasteiger partial charge on any atom is -0.480 e. The normalized spacial score (nSPS) is 16.5. The monoisotopic (exact) mass is 227 g/mol. The number of hydrogen-bond acceptors (Lipinski definition) is 3. The third-order valence-corrected chi connectivity index (χ3v) is 2.50. The first-order valence-electron chi connectivity index (χ1n) is 4.74. The predicted octanol–water partition coefficient (Wildman–Crippen LogP) is 0.780. The number of rotatable bonds is 4. The van der Waals surface area contributed by atoms with E-state index >= 15 is 0 Å². The van der Waals surface area contributed by atoms with Crippen molar-refractivity contribution < 1.29 is 19.4 Å². The topological polar surface area (TPSA) is 83.5 Å². The molecule has 5 heteroatoms. The maximum absolute atomic E-state index is 12.6. The molecule has 0 radical (unpaired) electrons. The van der Waals surface area contributed by atoms with Gasteiger partial charge in [0.05, 0.1) is 0 Å². The lowest BCUT2D eigenvalue weighted by molar-refractivity contribution is -0.149. The number of aliphatic carboxylic acids is 1. The highest BCUT2D eigenvalue weighted by molar-refractivity contribution is 5.80. The summed E-state index contributed by atoms with van der Waals surface area (Å²) >= 11 is 0. The fourth-order valence-electron chi connectivity index (χ4n) is 1.29. The van der Waals surface area contributed by atoms with Crippen LogP contribution in [-0.4, -0.2) is 28.4 Å². The van der Waals surface area contributed by atoms with Gasteiger partial charge < -0.3 is 15.9 Å². The Morgan fingerprint density at radius 1 is 1.50 bits per heavy atom. The number of nitrogens with two attached hydrogens (primary N) is 1. The quantitative estimate of drug-likeness (QED) is 0.709. The van der Waals surface area contributed by atoms with Crippen LogP contribution in [0.5, 0.6) is 0 Å². The summed E-state index contributed by atoms with van der Waals surface area (Å²) in [6.45, 7) is 0.510. The van der Waals surface area contributed by atoms with Gasteiger partial charge in [-0.25, -0.2) is 9.18 Å². The maximum Gasteiger partial charge on any atom is 0.329 e. The lowest BCUT2D eigenvalue weighted by Crippen LogP contribution is -2.55. The molecule has 2 atom stereocenters. The van der Waals surface area contributed by atoms with E-state index < -0.39 is 24.3 Å². The average molecular weight is 227 g/mol. The fourth-order valence-corrected chi connectivity index (χ4v) is 1.29. The summed E-state index contributed by atoms with van der Waals surface area (Å²) in [5, 5.41) is 18.5. The summed E-state index contributed by atoms with van der Waals surface area (Å²) in [6, 6.07) is 6.44. The molecule has 0 aliphatic rings. The third kappa shape index (κ3) is 2.20. The van der Waals surface area contributed by atoms with Crippen LogP contribution in [0.15, 0.2) is 24.3 Å². The molecule has 0 spiro atoms. The number of carbonyl (C=O) groups is 1. The smallest absolute Gasteiger partial charge is 0.329 e. The van der Waals surface area contributed by atoms with Crippen molar-refractivity contribution in [2.24, 2.45) is 5.73 Å². The van der Waals surface area contributed by atoms with Gasteiger partial charge in [-0.2, -0.15) is 0 Å². The van der Waals surface area contributed by atoms with E-state index in [0.717, 1.165) is 5.56 Å². The summed E-state index contributed by atoms with van der Waals surface area (Å²) in [7, 11) is 0. The van der Waals surface area contributed by atoms with Gasteiger partial charge in [-0.1, -0.05) is 29.8 Å². The van der Waals surface area contributed by atoms with Gasteiger partial charge in [0.1, 0.15) is 12.8 Å². The molecule has 0 saturated carbocycles. The van der Waals surface area contributed by atoms with Gasteiger partial charge >= 0.3 is 5.97 Å². The van der Waals surface area contributed by atoms with Crippen molar-refractivity contribution in [1.82, 2.24) is 0 Å². The number of alkyl halides is 1. The number of aliphatic hydroxyl groups is 1. The summed E-state index contributed by atoms with van der Waals surface area (Å²) in [5.74, 6) is -1.57. The summed E-state index contributed by atoms with van der Waals surface area (Å²) in [4.78, 5) is 10.8. The van der Waals surface area contributed by atoms with E-state index in [1.807, 2.05) is 6.92 Å². The first-order chi connectivity index (χ1) is 7.41. The number of carboxylic acid groups (broad SMARTS) is 1. The van der Waals surface area contributed by atoms with Gasteiger partial charge in [0.15, 0.2) is 5.54 Å². The summed E-state index contributed by atoms with van der Waals surface area (Å²) in [6.07, 6.45) is -1.57.